The van der Waals surface area contributed by atoms with Gasteiger partial charge < -0.3 is 10.3 Å². The standard InChI is InChI=1S/C11H12ClN3O.ClH/c1-7(13)11-14-10(15-16-11)6-8-2-4-9(12)5-3-8;/h2-5,7H,6,13H2,1H3;1H/t7-;/m1./s1. The zero-order valence-corrected chi connectivity index (χ0v) is 10.8. The minimum absolute atomic E-state index is 0. The van der Waals surface area contributed by atoms with E-state index in [1.54, 1.807) is 6.92 Å². The van der Waals surface area contributed by atoms with Crippen LogP contribution in [0.25, 0.3) is 0 Å². The molecule has 0 unspecified atom stereocenters. The number of halogens is 2. The van der Waals surface area contributed by atoms with Crippen molar-refractivity contribution in [2.24, 2.45) is 5.73 Å². The Hall–Kier alpha value is -1.10. The third kappa shape index (κ3) is 3.70. The summed E-state index contributed by atoms with van der Waals surface area (Å²) in [7, 11) is 0. The van der Waals surface area contributed by atoms with Crippen LogP contribution >= 0.6 is 24.0 Å². The Morgan fingerprint density at radius 3 is 2.53 bits per heavy atom. The highest BCUT2D eigenvalue weighted by Crippen LogP contribution is 2.13. The number of aromatic nitrogens is 2. The molecule has 2 aromatic rings. The van der Waals surface area contributed by atoms with Crippen LogP contribution in [0.5, 0.6) is 0 Å². The average molecular weight is 274 g/mol. The van der Waals surface area contributed by atoms with Gasteiger partial charge in [-0.25, -0.2) is 0 Å². The third-order valence-corrected chi connectivity index (χ3v) is 2.40. The van der Waals surface area contributed by atoms with E-state index in [9.17, 15) is 0 Å². The highest BCUT2D eigenvalue weighted by atomic mass is 35.5. The molecule has 17 heavy (non-hydrogen) atoms. The summed E-state index contributed by atoms with van der Waals surface area (Å²) in [6.07, 6.45) is 0.618. The molecule has 0 aliphatic heterocycles. The fourth-order valence-corrected chi connectivity index (χ4v) is 1.44. The molecule has 0 amide bonds. The zero-order valence-electron chi connectivity index (χ0n) is 9.26. The first kappa shape index (κ1) is 14.0. The molecule has 1 aromatic carbocycles. The summed E-state index contributed by atoms with van der Waals surface area (Å²) < 4.78 is 5.01. The molecule has 1 aromatic heterocycles. The predicted octanol–water partition coefficient (Wildman–Crippen LogP) is 2.76. The van der Waals surface area contributed by atoms with Crippen molar-refractivity contribution in [2.45, 2.75) is 19.4 Å². The Morgan fingerprint density at radius 2 is 2.00 bits per heavy atom. The van der Waals surface area contributed by atoms with Gasteiger partial charge in [0.05, 0.1) is 6.04 Å². The normalized spacial score (nSPS) is 11.9. The lowest BCUT2D eigenvalue weighted by Gasteiger charge is -1.96. The lowest BCUT2D eigenvalue weighted by atomic mass is 10.1. The summed E-state index contributed by atoms with van der Waals surface area (Å²) in [5, 5.41) is 4.57. The van der Waals surface area contributed by atoms with Crippen LogP contribution in [-0.4, -0.2) is 10.1 Å². The van der Waals surface area contributed by atoms with Crippen molar-refractivity contribution in [3.63, 3.8) is 0 Å². The summed E-state index contributed by atoms with van der Waals surface area (Å²) in [5.41, 5.74) is 6.71. The van der Waals surface area contributed by atoms with Crippen LogP contribution in [0.2, 0.25) is 5.02 Å². The molecule has 2 rings (SSSR count). The number of hydrogen-bond acceptors (Lipinski definition) is 4. The first-order chi connectivity index (χ1) is 7.65. The van der Waals surface area contributed by atoms with Gasteiger partial charge in [0.25, 0.3) is 0 Å². The molecule has 0 saturated heterocycles. The number of benzene rings is 1. The lowest BCUT2D eigenvalue weighted by Crippen LogP contribution is -2.05. The summed E-state index contributed by atoms with van der Waals surface area (Å²) >= 11 is 5.79. The fraction of sp³-hybridized carbons (Fsp3) is 0.273. The molecule has 1 heterocycles. The summed E-state index contributed by atoms with van der Waals surface area (Å²) in [6.45, 7) is 1.81. The molecule has 0 aliphatic carbocycles. The van der Waals surface area contributed by atoms with Crippen LogP contribution in [0, 0.1) is 0 Å². The van der Waals surface area contributed by atoms with Gasteiger partial charge in [0.15, 0.2) is 5.82 Å². The van der Waals surface area contributed by atoms with Crippen LogP contribution < -0.4 is 5.73 Å². The second kappa shape index (κ2) is 6.00. The molecule has 4 nitrogen and oxygen atoms in total. The maximum absolute atomic E-state index is 5.79. The number of hydrogen-bond donors (Lipinski definition) is 1. The minimum atomic E-state index is -0.230. The maximum atomic E-state index is 5.79. The highest BCUT2D eigenvalue weighted by Gasteiger charge is 2.10. The molecule has 2 N–H and O–H groups in total. The first-order valence-electron chi connectivity index (χ1n) is 4.97. The van der Waals surface area contributed by atoms with E-state index in [0.29, 0.717) is 23.2 Å². The van der Waals surface area contributed by atoms with Crippen molar-refractivity contribution in [2.75, 3.05) is 0 Å². The first-order valence-corrected chi connectivity index (χ1v) is 5.35. The quantitative estimate of drug-likeness (QED) is 0.934. The smallest absolute Gasteiger partial charge is 0.243 e. The van der Waals surface area contributed by atoms with E-state index < -0.39 is 0 Å². The second-order valence-corrected chi connectivity index (χ2v) is 4.08. The van der Waals surface area contributed by atoms with Crippen molar-refractivity contribution < 1.29 is 4.52 Å². The van der Waals surface area contributed by atoms with E-state index in [1.807, 2.05) is 24.3 Å². The Labute approximate surface area is 111 Å². The lowest BCUT2D eigenvalue weighted by molar-refractivity contribution is 0.358. The molecule has 0 aliphatic rings. The van der Waals surface area contributed by atoms with Crippen molar-refractivity contribution in [3.05, 3.63) is 46.6 Å². The SMILES string of the molecule is C[C@@H](N)c1nc(Cc2ccc(Cl)cc2)no1.Cl. The third-order valence-electron chi connectivity index (χ3n) is 2.15. The molecular weight excluding hydrogens is 261 g/mol. The van der Waals surface area contributed by atoms with Crippen molar-refractivity contribution in [1.82, 2.24) is 10.1 Å². The van der Waals surface area contributed by atoms with Gasteiger partial charge in [-0.15, -0.1) is 12.4 Å². The van der Waals surface area contributed by atoms with Crippen LogP contribution in [-0.2, 0) is 6.42 Å². The summed E-state index contributed by atoms with van der Waals surface area (Å²) in [5.74, 6) is 1.10. The van der Waals surface area contributed by atoms with Crippen LogP contribution in [0.3, 0.4) is 0 Å². The van der Waals surface area contributed by atoms with Crippen LogP contribution in [0.4, 0.5) is 0 Å². The number of rotatable bonds is 3. The topological polar surface area (TPSA) is 64.9 Å². The van der Waals surface area contributed by atoms with Gasteiger partial charge >= 0.3 is 0 Å². The number of nitrogens with zero attached hydrogens (tertiary/aromatic N) is 2. The average Bonchev–Trinajstić information content (AvgIpc) is 2.70. The molecule has 0 fully saturated rings. The Balaban J connectivity index is 0.00000144. The van der Waals surface area contributed by atoms with Crippen LogP contribution in [0.15, 0.2) is 28.8 Å². The Kier molecular flexibility index (Phi) is 4.93. The fourth-order valence-electron chi connectivity index (χ4n) is 1.31. The van der Waals surface area contributed by atoms with E-state index in [2.05, 4.69) is 10.1 Å². The summed E-state index contributed by atoms with van der Waals surface area (Å²) in [6, 6.07) is 7.31. The molecular formula is C11H13Cl2N3O. The van der Waals surface area contributed by atoms with Crippen molar-refractivity contribution in [3.8, 4) is 0 Å². The van der Waals surface area contributed by atoms with E-state index in [0.717, 1.165) is 5.56 Å². The molecule has 0 bridgehead atoms. The Morgan fingerprint density at radius 1 is 1.35 bits per heavy atom. The zero-order chi connectivity index (χ0) is 11.5. The van der Waals surface area contributed by atoms with E-state index in [4.69, 9.17) is 21.9 Å². The molecule has 0 radical (unpaired) electrons. The predicted molar refractivity (Wildman–Crippen MR) is 68.4 cm³/mol. The van der Waals surface area contributed by atoms with Gasteiger partial charge in [-0.2, -0.15) is 4.98 Å². The summed E-state index contributed by atoms with van der Waals surface area (Å²) in [4.78, 5) is 4.19. The highest BCUT2D eigenvalue weighted by molar-refractivity contribution is 6.30. The molecule has 0 spiro atoms. The van der Waals surface area contributed by atoms with Gasteiger partial charge in [-0.3, -0.25) is 0 Å². The van der Waals surface area contributed by atoms with Gasteiger partial charge in [0.1, 0.15) is 0 Å². The van der Waals surface area contributed by atoms with Gasteiger partial charge in [-0.1, -0.05) is 28.9 Å². The van der Waals surface area contributed by atoms with Crippen LogP contribution in [0.1, 0.15) is 30.2 Å². The van der Waals surface area contributed by atoms with Gasteiger partial charge in [-0.05, 0) is 24.6 Å². The van der Waals surface area contributed by atoms with E-state index in [1.165, 1.54) is 0 Å². The maximum Gasteiger partial charge on any atom is 0.243 e. The molecule has 0 saturated carbocycles. The van der Waals surface area contributed by atoms with Gasteiger partial charge in [0, 0.05) is 11.4 Å². The largest absolute Gasteiger partial charge is 0.338 e. The van der Waals surface area contributed by atoms with E-state index in [-0.39, 0.29) is 18.4 Å². The van der Waals surface area contributed by atoms with Crippen molar-refractivity contribution in [1.29, 1.82) is 0 Å². The molecule has 92 valence electrons. The molecule has 1 atom stereocenters. The minimum Gasteiger partial charge on any atom is -0.338 e. The monoisotopic (exact) mass is 273 g/mol. The van der Waals surface area contributed by atoms with Gasteiger partial charge in [0.2, 0.25) is 5.89 Å². The Bertz CT molecular complexity index is 468. The molecule has 6 heteroatoms. The van der Waals surface area contributed by atoms with Crippen molar-refractivity contribution >= 4 is 24.0 Å². The number of nitrogens with two attached hydrogens (primary N) is 1. The van der Waals surface area contributed by atoms with E-state index >= 15 is 0 Å². The second-order valence-electron chi connectivity index (χ2n) is 3.64.